The average Bonchev–Trinajstić information content (AvgIpc) is 1.62. The quantitative estimate of drug-likeness (QED) is 0.303. The molecule has 0 atom stereocenters. The molecule has 0 unspecified atom stereocenters. The number of hydrogen-bond acceptors (Lipinski definition) is 0. The molecular formula is CH11B7. The molecule has 0 aliphatic rings. The van der Waals surface area contributed by atoms with E-state index in [9.17, 15) is 0 Å². The summed E-state index contributed by atoms with van der Waals surface area (Å²) in [5.74, 6) is 0. The Balaban J connectivity index is 3.62. The Morgan fingerprint density at radius 3 is 1.62 bits per heavy atom. The minimum Gasteiger partial charge on any atom is -0.145 e. The molecule has 0 spiro atoms. The highest BCUT2D eigenvalue weighted by molar-refractivity contribution is 7.50. The highest BCUT2D eigenvalue weighted by Gasteiger charge is 2.20. The highest BCUT2D eigenvalue weighted by atomic mass is 13.6. The van der Waals surface area contributed by atoms with Gasteiger partial charge in [0, 0.05) is 13.6 Å². The van der Waals surface area contributed by atoms with E-state index in [0.29, 0.717) is 5.01 Å². The van der Waals surface area contributed by atoms with E-state index in [2.05, 4.69) is 39.0 Å². The maximum absolute atomic E-state index is 2.31. The Hall–Kier alpha value is 0.455. The van der Waals surface area contributed by atoms with Crippen LogP contribution in [-0.2, 0) is 0 Å². The molecule has 0 heterocycles. The van der Waals surface area contributed by atoms with Crippen molar-refractivity contribution in [1.82, 2.24) is 0 Å². The highest BCUT2D eigenvalue weighted by Crippen LogP contribution is 2.08. The predicted octanol–water partition coefficient (Wildman–Crippen LogP) is -5.40. The summed E-state index contributed by atoms with van der Waals surface area (Å²) in [7, 11) is 12.7. The third-order valence-electron chi connectivity index (χ3n) is 2.09. The molecule has 7 heteroatoms. The van der Waals surface area contributed by atoms with E-state index < -0.39 is 0 Å². The first-order chi connectivity index (χ1) is 3.48. The summed E-state index contributed by atoms with van der Waals surface area (Å²) in [6.07, 6.45) is 0. The van der Waals surface area contributed by atoms with Crippen LogP contribution in [0.3, 0.4) is 0 Å². The molecular weight excluding hydrogens is 87.7 g/mol. The topological polar surface area (TPSA) is 0 Å². The molecule has 0 aliphatic carbocycles. The van der Waals surface area contributed by atoms with Crippen LogP contribution in [0.4, 0.5) is 0 Å². The van der Waals surface area contributed by atoms with Gasteiger partial charge in [0.15, 0.2) is 0 Å². The molecule has 0 saturated carbocycles. The molecule has 0 bridgehead atoms. The summed E-state index contributed by atoms with van der Waals surface area (Å²) in [6, 6.07) is 0. The number of hydrogen-bond donors (Lipinski definition) is 0. The van der Waals surface area contributed by atoms with Gasteiger partial charge in [0.1, 0.15) is 0 Å². The van der Waals surface area contributed by atoms with E-state index in [1.807, 2.05) is 0 Å². The van der Waals surface area contributed by atoms with Gasteiger partial charge in [0.25, 0.3) is 0 Å². The minimum absolute atomic E-state index is 0.509. The van der Waals surface area contributed by atoms with Crippen LogP contribution < -0.4 is 0 Å². The van der Waals surface area contributed by atoms with Crippen LogP contribution in [0.15, 0.2) is 0 Å². The van der Waals surface area contributed by atoms with Crippen LogP contribution >= 0.6 is 0 Å². The largest absolute Gasteiger partial charge is 0.145 e. The molecule has 0 amide bonds. The Bertz CT molecular complexity index is 61.3. The van der Waals surface area contributed by atoms with Crippen molar-refractivity contribution in [2.75, 3.05) is 0 Å². The van der Waals surface area contributed by atoms with Gasteiger partial charge in [0.05, 0.1) is 39.0 Å². The Morgan fingerprint density at radius 2 is 1.62 bits per heavy atom. The van der Waals surface area contributed by atoms with Gasteiger partial charge >= 0.3 is 0 Å². The van der Waals surface area contributed by atoms with Crippen LogP contribution in [0.2, 0.25) is 5.01 Å². The van der Waals surface area contributed by atoms with Crippen LogP contribution in [-0.4, -0.2) is 52.6 Å². The normalized spacial score (nSPS) is 10.5. The first kappa shape index (κ1) is 8.45. The summed E-state index contributed by atoms with van der Waals surface area (Å²) >= 11 is 0. The first-order valence-electron chi connectivity index (χ1n) is 3.48. The summed E-state index contributed by atoms with van der Waals surface area (Å²) in [5, 5.41) is 0.509. The van der Waals surface area contributed by atoms with E-state index >= 15 is 0 Å². The third kappa shape index (κ3) is 2.69. The summed E-state index contributed by atoms with van der Waals surface area (Å²) < 4.78 is 0. The maximum atomic E-state index is 2.31. The van der Waals surface area contributed by atoms with Gasteiger partial charge in [-0.05, 0) is 0 Å². The van der Waals surface area contributed by atoms with Gasteiger partial charge in [0.2, 0.25) is 0 Å². The Morgan fingerprint density at radius 1 is 1.25 bits per heavy atom. The van der Waals surface area contributed by atoms with Gasteiger partial charge in [-0.15, -0.1) is 5.01 Å². The van der Waals surface area contributed by atoms with Crippen molar-refractivity contribution in [2.24, 2.45) is 0 Å². The molecule has 36 valence electrons. The van der Waals surface area contributed by atoms with E-state index in [-0.39, 0.29) is 0 Å². The van der Waals surface area contributed by atoms with Crippen molar-refractivity contribution in [3.63, 3.8) is 0 Å². The van der Waals surface area contributed by atoms with Gasteiger partial charge in [-0.25, -0.2) is 0 Å². The second kappa shape index (κ2) is 2.84. The first-order valence-corrected chi connectivity index (χ1v) is 3.48. The lowest BCUT2D eigenvalue weighted by Crippen LogP contribution is -2.40. The molecule has 0 aromatic carbocycles. The van der Waals surface area contributed by atoms with Crippen molar-refractivity contribution < 1.29 is 0 Å². The van der Waals surface area contributed by atoms with Crippen molar-refractivity contribution in [1.29, 1.82) is 0 Å². The fourth-order valence-electron chi connectivity index (χ4n) is 0.612. The van der Waals surface area contributed by atoms with Crippen LogP contribution in [0.25, 0.3) is 0 Å². The lowest BCUT2D eigenvalue weighted by molar-refractivity contribution is 1.68. The monoisotopic (exact) mass is 100 g/mol. The molecule has 0 aromatic heterocycles. The van der Waals surface area contributed by atoms with Crippen molar-refractivity contribution >= 4 is 52.6 Å². The zero-order valence-electron chi connectivity index (χ0n) is 6.78. The van der Waals surface area contributed by atoms with Gasteiger partial charge in [-0.2, -0.15) is 0 Å². The molecule has 0 aromatic rings. The SMILES string of the molecule is BBB(B)C(B)(B)B. The van der Waals surface area contributed by atoms with Crippen LogP contribution in [0.5, 0.6) is 0 Å². The summed E-state index contributed by atoms with van der Waals surface area (Å²) in [5.41, 5.74) is 0. The zero-order valence-corrected chi connectivity index (χ0v) is 6.78. The molecule has 0 nitrogen and oxygen atoms in total. The second-order valence-corrected chi connectivity index (χ2v) is 3.68. The van der Waals surface area contributed by atoms with E-state index in [1.54, 1.807) is 0 Å². The molecule has 0 N–H and O–H groups in total. The minimum atomic E-state index is 0.509. The summed E-state index contributed by atoms with van der Waals surface area (Å²) in [6.45, 7) is 0.850. The summed E-state index contributed by atoms with van der Waals surface area (Å²) in [4.78, 5) is 0. The third-order valence-corrected chi connectivity index (χ3v) is 2.09. The van der Waals surface area contributed by atoms with Crippen molar-refractivity contribution in [2.45, 2.75) is 5.01 Å². The Labute approximate surface area is 58.3 Å². The Kier molecular flexibility index (Phi) is 3.00. The predicted molar refractivity (Wildman–Crippen MR) is 58.3 cm³/mol. The van der Waals surface area contributed by atoms with Gasteiger partial charge in [-0.1, -0.05) is 0 Å². The fourth-order valence-corrected chi connectivity index (χ4v) is 0.612. The molecule has 0 fully saturated rings. The van der Waals surface area contributed by atoms with E-state index in [0.717, 1.165) is 6.49 Å². The zero-order chi connectivity index (χ0) is 6.78. The van der Waals surface area contributed by atoms with Gasteiger partial charge in [-0.3, -0.25) is 0 Å². The molecule has 0 aliphatic heterocycles. The lowest BCUT2D eigenvalue weighted by atomic mass is 8.91. The fraction of sp³-hybridized carbons (Fsp3) is 1.00. The molecule has 0 radical (unpaired) electrons. The molecule has 0 rings (SSSR count). The van der Waals surface area contributed by atoms with Crippen molar-refractivity contribution in [3.8, 4) is 0 Å². The maximum Gasteiger partial charge on any atom is 0.0824 e. The van der Waals surface area contributed by atoms with E-state index in [4.69, 9.17) is 0 Å². The standard InChI is InChI=1S/CH11B7/c2-1(3,4)8(6)7-5/h7H,2-6H2. The van der Waals surface area contributed by atoms with E-state index in [1.165, 1.54) is 7.06 Å². The number of rotatable bonds is 2. The average molecular weight is 98.8 g/mol. The van der Waals surface area contributed by atoms with Crippen LogP contribution in [0.1, 0.15) is 0 Å². The lowest BCUT2D eigenvalue weighted by Gasteiger charge is -2.22. The smallest absolute Gasteiger partial charge is 0.0824 e. The van der Waals surface area contributed by atoms with Gasteiger partial charge < -0.3 is 0 Å². The van der Waals surface area contributed by atoms with Crippen molar-refractivity contribution in [3.05, 3.63) is 0 Å². The van der Waals surface area contributed by atoms with Crippen LogP contribution in [0, 0.1) is 0 Å². The molecule has 8 heavy (non-hydrogen) atoms. The molecule has 0 saturated heterocycles. The second-order valence-electron chi connectivity index (χ2n) is 3.68.